The zero-order valence-electron chi connectivity index (χ0n) is 7.34. The summed E-state index contributed by atoms with van der Waals surface area (Å²) in [6.07, 6.45) is 0. The maximum absolute atomic E-state index is 12.4. The summed E-state index contributed by atoms with van der Waals surface area (Å²) >= 11 is 0. The van der Waals surface area contributed by atoms with Gasteiger partial charge in [0.15, 0.2) is 0 Å². The van der Waals surface area contributed by atoms with Gasteiger partial charge in [-0.2, -0.15) is 0 Å². The maximum atomic E-state index is 12.4. The maximum Gasteiger partial charge on any atom is 0.282 e. The number of hydrogen-bond donors (Lipinski definition) is 2. The van der Waals surface area contributed by atoms with Crippen molar-refractivity contribution >= 4 is 0 Å². The van der Waals surface area contributed by atoms with Crippen molar-refractivity contribution < 1.29 is 23.4 Å². The Bertz CT molecular complexity index is 124. The minimum absolute atomic E-state index is 0.0790. The fourth-order valence-electron chi connectivity index (χ4n) is 0.565. The van der Waals surface area contributed by atoms with E-state index in [9.17, 15) is 8.78 Å². The monoisotopic (exact) mass is 199 g/mol. The molecule has 6 heteroatoms. The predicted molar refractivity (Wildman–Crippen MR) is 42.7 cm³/mol. The van der Waals surface area contributed by atoms with Crippen LogP contribution in [0.25, 0.3) is 0 Å². The van der Waals surface area contributed by atoms with Gasteiger partial charge in [-0.3, -0.25) is 0 Å². The third-order valence-corrected chi connectivity index (χ3v) is 1.22. The average Bonchev–Trinajstić information content (AvgIpc) is 2.11. The molecule has 0 rings (SSSR count). The van der Waals surface area contributed by atoms with Crippen molar-refractivity contribution in [1.82, 2.24) is 0 Å². The lowest BCUT2D eigenvalue weighted by Crippen LogP contribution is -2.33. The molecule has 0 aliphatic rings. The molecule has 0 aliphatic carbocycles. The summed E-state index contributed by atoms with van der Waals surface area (Å²) in [7, 11) is 0. The highest BCUT2D eigenvalue weighted by Crippen LogP contribution is 2.10. The van der Waals surface area contributed by atoms with Gasteiger partial charge in [-0.05, 0) is 0 Å². The molecule has 0 aliphatic heterocycles. The Labute approximate surface area is 75.6 Å². The van der Waals surface area contributed by atoms with Crippen LogP contribution in [0.4, 0.5) is 8.78 Å². The molecule has 0 amide bonds. The lowest BCUT2D eigenvalue weighted by molar-refractivity contribution is -0.0793. The molecule has 0 saturated heterocycles. The zero-order chi connectivity index (χ0) is 10.2. The van der Waals surface area contributed by atoms with Crippen molar-refractivity contribution in [3.05, 3.63) is 0 Å². The Balaban J connectivity index is 3.16. The SMILES string of the molecule is NCC(F)(F)COCCOCCO. The van der Waals surface area contributed by atoms with E-state index in [2.05, 4.69) is 4.74 Å². The first kappa shape index (κ1) is 12.7. The van der Waals surface area contributed by atoms with Crippen molar-refractivity contribution in [3.63, 3.8) is 0 Å². The molecule has 4 nitrogen and oxygen atoms in total. The minimum Gasteiger partial charge on any atom is -0.394 e. The normalized spacial score (nSPS) is 12.0. The van der Waals surface area contributed by atoms with Gasteiger partial charge < -0.3 is 20.3 Å². The van der Waals surface area contributed by atoms with Crippen LogP contribution < -0.4 is 5.73 Å². The number of halogens is 2. The summed E-state index contributed by atoms with van der Waals surface area (Å²) in [4.78, 5) is 0. The van der Waals surface area contributed by atoms with E-state index < -0.39 is 19.1 Å². The third-order valence-electron chi connectivity index (χ3n) is 1.22. The molecule has 0 saturated carbocycles. The Hall–Kier alpha value is -0.300. The number of aliphatic hydroxyl groups excluding tert-OH is 1. The fourth-order valence-corrected chi connectivity index (χ4v) is 0.565. The topological polar surface area (TPSA) is 64.7 Å². The number of rotatable bonds is 8. The van der Waals surface area contributed by atoms with E-state index >= 15 is 0 Å². The summed E-state index contributed by atoms with van der Waals surface area (Å²) in [6, 6.07) is 0. The average molecular weight is 199 g/mol. The highest BCUT2D eigenvalue weighted by Gasteiger charge is 2.26. The van der Waals surface area contributed by atoms with Crippen LogP contribution in [0.15, 0.2) is 0 Å². The number of hydrogen-bond acceptors (Lipinski definition) is 4. The van der Waals surface area contributed by atoms with Crippen LogP contribution in [0.3, 0.4) is 0 Å². The van der Waals surface area contributed by atoms with E-state index in [0.717, 1.165) is 0 Å². The molecule has 0 aromatic rings. The van der Waals surface area contributed by atoms with Crippen LogP contribution in [-0.4, -0.2) is 50.6 Å². The van der Waals surface area contributed by atoms with Crippen molar-refractivity contribution in [1.29, 1.82) is 0 Å². The van der Waals surface area contributed by atoms with Gasteiger partial charge in [-0.25, -0.2) is 8.78 Å². The molecule has 0 spiro atoms. The summed E-state index contributed by atoms with van der Waals surface area (Å²) < 4.78 is 34.2. The summed E-state index contributed by atoms with van der Waals surface area (Å²) in [5.74, 6) is -2.96. The van der Waals surface area contributed by atoms with Crippen molar-refractivity contribution in [2.75, 3.05) is 39.6 Å². The van der Waals surface area contributed by atoms with Crippen LogP contribution >= 0.6 is 0 Å². The van der Waals surface area contributed by atoms with Crippen LogP contribution in [0, 0.1) is 0 Å². The van der Waals surface area contributed by atoms with Gasteiger partial charge in [-0.1, -0.05) is 0 Å². The first-order chi connectivity index (χ1) is 6.12. The molecule has 0 heterocycles. The molecule has 3 N–H and O–H groups in total. The number of aliphatic hydroxyl groups is 1. The molecule has 13 heavy (non-hydrogen) atoms. The van der Waals surface area contributed by atoms with E-state index in [0.29, 0.717) is 0 Å². The van der Waals surface area contributed by atoms with E-state index in [1.807, 2.05) is 0 Å². The summed E-state index contributed by atoms with van der Waals surface area (Å²) in [5.41, 5.74) is 4.77. The van der Waals surface area contributed by atoms with Gasteiger partial charge >= 0.3 is 0 Å². The van der Waals surface area contributed by atoms with E-state index in [4.69, 9.17) is 15.6 Å². The van der Waals surface area contributed by atoms with Gasteiger partial charge in [0.1, 0.15) is 6.61 Å². The van der Waals surface area contributed by atoms with Crippen molar-refractivity contribution in [2.24, 2.45) is 5.73 Å². The number of alkyl halides is 2. The van der Waals surface area contributed by atoms with Crippen LogP contribution in [0.1, 0.15) is 0 Å². The Morgan fingerprint density at radius 2 is 1.77 bits per heavy atom. The van der Waals surface area contributed by atoms with Gasteiger partial charge in [0.25, 0.3) is 5.92 Å². The third kappa shape index (κ3) is 8.04. The molecule has 0 aromatic heterocycles. The van der Waals surface area contributed by atoms with Gasteiger partial charge in [-0.15, -0.1) is 0 Å². The van der Waals surface area contributed by atoms with Crippen molar-refractivity contribution in [2.45, 2.75) is 5.92 Å². The van der Waals surface area contributed by atoms with Gasteiger partial charge in [0.05, 0.1) is 33.0 Å². The van der Waals surface area contributed by atoms with E-state index in [-0.39, 0.29) is 26.4 Å². The van der Waals surface area contributed by atoms with Crippen LogP contribution in [0.2, 0.25) is 0 Å². The van der Waals surface area contributed by atoms with E-state index in [1.54, 1.807) is 0 Å². The lowest BCUT2D eigenvalue weighted by atomic mass is 10.4. The zero-order valence-corrected chi connectivity index (χ0v) is 7.34. The predicted octanol–water partition coefficient (Wildman–Crippen LogP) is -0.394. The molecule has 0 unspecified atom stereocenters. The Kier molecular flexibility index (Phi) is 6.97. The molecule has 0 atom stereocenters. The summed E-state index contributed by atoms with van der Waals surface area (Å²) in [6.45, 7) is -1.02. The minimum atomic E-state index is -2.96. The standard InChI is InChI=1S/C7H15F2NO3/c8-7(9,5-10)6-13-4-3-12-2-1-11/h11H,1-6,10H2. The van der Waals surface area contributed by atoms with Crippen molar-refractivity contribution in [3.8, 4) is 0 Å². The van der Waals surface area contributed by atoms with Crippen LogP contribution in [-0.2, 0) is 9.47 Å². The number of ether oxygens (including phenoxy) is 2. The number of nitrogens with two attached hydrogens (primary N) is 1. The summed E-state index contributed by atoms with van der Waals surface area (Å²) in [5, 5.41) is 8.29. The molecular formula is C7H15F2NO3. The molecule has 80 valence electrons. The fraction of sp³-hybridized carbons (Fsp3) is 1.00. The first-order valence-corrected chi connectivity index (χ1v) is 3.96. The lowest BCUT2D eigenvalue weighted by Gasteiger charge is -2.13. The Morgan fingerprint density at radius 1 is 1.15 bits per heavy atom. The van der Waals surface area contributed by atoms with Gasteiger partial charge in [0.2, 0.25) is 0 Å². The first-order valence-electron chi connectivity index (χ1n) is 3.96. The molecule has 0 aromatic carbocycles. The highest BCUT2D eigenvalue weighted by atomic mass is 19.3. The largest absolute Gasteiger partial charge is 0.394 e. The van der Waals surface area contributed by atoms with Crippen LogP contribution in [0.5, 0.6) is 0 Å². The quantitative estimate of drug-likeness (QED) is 0.522. The molecule has 0 bridgehead atoms. The highest BCUT2D eigenvalue weighted by molar-refractivity contribution is 4.64. The van der Waals surface area contributed by atoms with E-state index in [1.165, 1.54) is 0 Å². The smallest absolute Gasteiger partial charge is 0.282 e. The molecule has 0 radical (unpaired) electrons. The second-order valence-electron chi connectivity index (χ2n) is 2.45. The second kappa shape index (κ2) is 7.14. The molecular weight excluding hydrogens is 184 g/mol. The second-order valence-corrected chi connectivity index (χ2v) is 2.45. The molecule has 0 fully saturated rings. The Morgan fingerprint density at radius 3 is 2.31 bits per heavy atom. The van der Waals surface area contributed by atoms with Gasteiger partial charge in [0, 0.05) is 0 Å².